The lowest BCUT2D eigenvalue weighted by molar-refractivity contribution is 1.05. The Labute approximate surface area is 114 Å². The van der Waals surface area contributed by atoms with Gasteiger partial charge in [-0.2, -0.15) is 4.98 Å². The number of hydrogen-bond donors (Lipinski definition) is 2. The molecule has 0 amide bonds. The molecule has 3 N–H and O–H groups in total. The van der Waals surface area contributed by atoms with Crippen molar-refractivity contribution in [3.63, 3.8) is 0 Å². The molecule has 0 saturated heterocycles. The number of nitrogens with one attached hydrogen (secondary N) is 1. The van der Waals surface area contributed by atoms with Gasteiger partial charge in [-0.3, -0.25) is 5.43 Å². The van der Waals surface area contributed by atoms with E-state index in [1.165, 1.54) is 5.56 Å². The van der Waals surface area contributed by atoms with Crippen LogP contribution in [0.15, 0.2) is 34.9 Å². The highest BCUT2D eigenvalue weighted by Gasteiger charge is 2.11. The van der Waals surface area contributed by atoms with Gasteiger partial charge in [0.2, 0.25) is 5.95 Å². The number of anilines is 3. The Balaban J connectivity index is 2.38. The minimum absolute atomic E-state index is 0.382. The Bertz CT molecular complexity index is 541. The molecule has 0 saturated carbocycles. The van der Waals surface area contributed by atoms with Crippen LogP contribution < -0.4 is 16.2 Å². The molecular formula is C12H14BrN5. The summed E-state index contributed by atoms with van der Waals surface area (Å²) in [4.78, 5) is 10.3. The summed E-state index contributed by atoms with van der Waals surface area (Å²) >= 11 is 3.44. The molecule has 2 rings (SSSR count). The average Bonchev–Trinajstić information content (AvgIpc) is 2.39. The number of aryl methyl sites for hydroxylation is 1. The standard InChI is InChI=1S/C12H14BrN5/c1-8-3-5-9(6-4-8)18(2)11-10(13)7-15-12(16-11)17-14/h3-7H,14H2,1-2H3,(H,15,16,17). The van der Waals surface area contributed by atoms with Gasteiger partial charge >= 0.3 is 0 Å². The quantitative estimate of drug-likeness (QED) is 0.674. The smallest absolute Gasteiger partial charge is 0.239 e. The van der Waals surface area contributed by atoms with E-state index in [0.29, 0.717) is 5.95 Å². The molecule has 5 nitrogen and oxygen atoms in total. The minimum Gasteiger partial charge on any atom is -0.328 e. The van der Waals surface area contributed by atoms with E-state index in [1.54, 1.807) is 6.20 Å². The van der Waals surface area contributed by atoms with Crippen molar-refractivity contribution in [2.45, 2.75) is 6.92 Å². The number of nitrogens with zero attached hydrogens (tertiary/aromatic N) is 3. The Hall–Kier alpha value is -1.66. The number of nitrogen functional groups attached to an aromatic ring is 1. The SMILES string of the molecule is Cc1ccc(N(C)c2nc(NN)ncc2Br)cc1. The van der Waals surface area contributed by atoms with Crippen molar-refractivity contribution in [1.29, 1.82) is 0 Å². The number of hydrazine groups is 1. The fourth-order valence-corrected chi connectivity index (χ4v) is 2.01. The first-order chi connectivity index (χ1) is 8.61. The summed E-state index contributed by atoms with van der Waals surface area (Å²) in [7, 11) is 1.94. The van der Waals surface area contributed by atoms with Gasteiger partial charge in [0.15, 0.2) is 5.82 Å². The molecule has 0 atom stereocenters. The first-order valence-electron chi connectivity index (χ1n) is 5.41. The van der Waals surface area contributed by atoms with Crippen LogP contribution in [-0.2, 0) is 0 Å². The minimum atomic E-state index is 0.382. The summed E-state index contributed by atoms with van der Waals surface area (Å²) in [5.74, 6) is 6.45. The van der Waals surface area contributed by atoms with E-state index in [4.69, 9.17) is 5.84 Å². The number of aromatic nitrogens is 2. The van der Waals surface area contributed by atoms with Crippen LogP contribution in [0.1, 0.15) is 5.56 Å². The first-order valence-corrected chi connectivity index (χ1v) is 6.20. The van der Waals surface area contributed by atoms with E-state index in [1.807, 2.05) is 24.1 Å². The second-order valence-electron chi connectivity index (χ2n) is 3.90. The van der Waals surface area contributed by atoms with Crippen molar-refractivity contribution in [3.05, 3.63) is 40.5 Å². The third-order valence-corrected chi connectivity index (χ3v) is 3.15. The second kappa shape index (κ2) is 5.32. The summed E-state index contributed by atoms with van der Waals surface area (Å²) < 4.78 is 0.810. The molecule has 0 spiro atoms. The zero-order valence-corrected chi connectivity index (χ0v) is 11.8. The van der Waals surface area contributed by atoms with E-state index >= 15 is 0 Å². The lowest BCUT2D eigenvalue weighted by atomic mass is 10.2. The Morgan fingerprint density at radius 2 is 1.94 bits per heavy atom. The molecule has 18 heavy (non-hydrogen) atoms. The van der Waals surface area contributed by atoms with Gasteiger partial charge in [0, 0.05) is 18.9 Å². The summed E-state index contributed by atoms with van der Waals surface area (Å²) in [6.45, 7) is 2.06. The van der Waals surface area contributed by atoms with Crippen molar-refractivity contribution in [2.24, 2.45) is 5.84 Å². The van der Waals surface area contributed by atoms with Crippen molar-refractivity contribution >= 4 is 33.4 Å². The Kier molecular flexibility index (Phi) is 3.78. The van der Waals surface area contributed by atoms with Gasteiger partial charge in [-0.25, -0.2) is 10.8 Å². The highest BCUT2D eigenvalue weighted by Crippen LogP contribution is 2.29. The highest BCUT2D eigenvalue weighted by atomic mass is 79.9. The molecule has 1 aromatic carbocycles. The fraction of sp³-hybridized carbons (Fsp3) is 0.167. The Morgan fingerprint density at radius 3 is 2.56 bits per heavy atom. The van der Waals surface area contributed by atoms with E-state index < -0.39 is 0 Å². The summed E-state index contributed by atoms with van der Waals surface area (Å²) in [6.07, 6.45) is 1.67. The van der Waals surface area contributed by atoms with Crippen LogP contribution in [0, 0.1) is 6.92 Å². The van der Waals surface area contributed by atoms with Crippen LogP contribution in [-0.4, -0.2) is 17.0 Å². The third-order valence-electron chi connectivity index (χ3n) is 2.59. The summed E-state index contributed by atoms with van der Waals surface area (Å²) in [6, 6.07) is 8.20. The van der Waals surface area contributed by atoms with E-state index in [0.717, 1.165) is 16.0 Å². The maximum absolute atomic E-state index is 5.32. The van der Waals surface area contributed by atoms with E-state index in [-0.39, 0.29) is 0 Å². The fourth-order valence-electron chi connectivity index (χ4n) is 1.55. The second-order valence-corrected chi connectivity index (χ2v) is 4.76. The molecule has 0 radical (unpaired) electrons. The molecule has 0 unspecified atom stereocenters. The van der Waals surface area contributed by atoms with Gasteiger partial charge < -0.3 is 4.90 Å². The molecule has 0 aliphatic heterocycles. The van der Waals surface area contributed by atoms with Crippen molar-refractivity contribution in [2.75, 3.05) is 17.4 Å². The lowest BCUT2D eigenvalue weighted by Gasteiger charge is -2.20. The van der Waals surface area contributed by atoms with Gasteiger partial charge in [0.05, 0.1) is 4.47 Å². The van der Waals surface area contributed by atoms with Gasteiger partial charge in [-0.15, -0.1) is 0 Å². The number of halogens is 1. The van der Waals surface area contributed by atoms with Crippen LogP contribution in [0.5, 0.6) is 0 Å². The number of benzene rings is 1. The molecule has 0 aliphatic rings. The van der Waals surface area contributed by atoms with Crippen LogP contribution in [0.3, 0.4) is 0 Å². The number of nitrogens with two attached hydrogens (primary N) is 1. The predicted octanol–water partition coefficient (Wildman–Crippen LogP) is 2.60. The molecule has 1 heterocycles. The maximum Gasteiger partial charge on any atom is 0.239 e. The van der Waals surface area contributed by atoms with Gasteiger partial charge in [0.25, 0.3) is 0 Å². The number of rotatable bonds is 3. The molecule has 1 aromatic heterocycles. The van der Waals surface area contributed by atoms with E-state index in [2.05, 4.69) is 50.4 Å². The van der Waals surface area contributed by atoms with Crippen LogP contribution in [0.25, 0.3) is 0 Å². The number of hydrogen-bond acceptors (Lipinski definition) is 5. The monoisotopic (exact) mass is 307 g/mol. The molecule has 6 heteroatoms. The van der Waals surface area contributed by atoms with Gasteiger partial charge in [0.1, 0.15) is 0 Å². The zero-order valence-electron chi connectivity index (χ0n) is 10.2. The van der Waals surface area contributed by atoms with Crippen molar-refractivity contribution in [3.8, 4) is 0 Å². The lowest BCUT2D eigenvalue weighted by Crippen LogP contribution is -2.16. The van der Waals surface area contributed by atoms with Crippen LogP contribution in [0.4, 0.5) is 17.5 Å². The highest BCUT2D eigenvalue weighted by molar-refractivity contribution is 9.10. The summed E-state index contributed by atoms with van der Waals surface area (Å²) in [5, 5.41) is 0. The third kappa shape index (κ3) is 2.60. The molecule has 0 aliphatic carbocycles. The first kappa shape index (κ1) is 12.8. The molecular weight excluding hydrogens is 294 g/mol. The van der Waals surface area contributed by atoms with Gasteiger partial charge in [-0.1, -0.05) is 17.7 Å². The van der Waals surface area contributed by atoms with Gasteiger partial charge in [-0.05, 0) is 35.0 Å². The average molecular weight is 308 g/mol. The van der Waals surface area contributed by atoms with Crippen molar-refractivity contribution in [1.82, 2.24) is 9.97 Å². The van der Waals surface area contributed by atoms with Crippen molar-refractivity contribution < 1.29 is 0 Å². The maximum atomic E-state index is 5.32. The molecule has 94 valence electrons. The summed E-state index contributed by atoms with van der Waals surface area (Å²) in [5.41, 5.74) is 4.71. The largest absolute Gasteiger partial charge is 0.328 e. The Morgan fingerprint density at radius 1 is 1.28 bits per heavy atom. The normalized spacial score (nSPS) is 10.2. The topological polar surface area (TPSA) is 67.1 Å². The molecule has 2 aromatic rings. The zero-order chi connectivity index (χ0) is 13.1. The van der Waals surface area contributed by atoms with Crippen LogP contribution in [0.2, 0.25) is 0 Å². The van der Waals surface area contributed by atoms with E-state index in [9.17, 15) is 0 Å². The predicted molar refractivity (Wildman–Crippen MR) is 76.8 cm³/mol. The van der Waals surface area contributed by atoms with Crippen LogP contribution >= 0.6 is 15.9 Å². The molecule has 0 bridgehead atoms. The molecule has 0 fully saturated rings.